The Balaban J connectivity index is 2.51. The number of carboxylic acid groups (broad SMARTS) is 1. The number of thioether (sulfide) groups is 1. The Labute approximate surface area is 187 Å². The van der Waals surface area contributed by atoms with Gasteiger partial charge in [-0.25, -0.2) is 0 Å². The van der Waals surface area contributed by atoms with Gasteiger partial charge in [0.2, 0.25) is 0 Å². The summed E-state index contributed by atoms with van der Waals surface area (Å²) in [5, 5.41) is 8.67. The van der Waals surface area contributed by atoms with Crippen molar-refractivity contribution >= 4 is 23.7 Å². The maximum Gasteiger partial charge on any atom is 0.323 e. The maximum atomic E-state index is 12.4. The van der Waals surface area contributed by atoms with E-state index in [1.807, 2.05) is 18.2 Å². The number of carbonyl (C=O) groups excluding carboxylic acids is 1. The molecule has 0 heterocycles. The fourth-order valence-corrected chi connectivity index (χ4v) is 4.79. The molecular formula is C25H40O4S. The van der Waals surface area contributed by atoms with Gasteiger partial charge in [-0.15, -0.1) is 11.8 Å². The number of carboxylic acids is 1. The van der Waals surface area contributed by atoms with Crippen molar-refractivity contribution in [1.29, 1.82) is 0 Å². The summed E-state index contributed by atoms with van der Waals surface area (Å²) in [6.07, 6.45) is 13.9. The number of aliphatic carboxylic acids is 1. The van der Waals surface area contributed by atoms with Crippen LogP contribution in [0.2, 0.25) is 0 Å². The lowest BCUT2D eigenvalue weighted by molar-refractivity contribution is -0.141. The number of methoxy groups -OCH3 is 1. The normalized spacial score (nSPS) is 13.0. The predicted molar refractivity (Wildman–Crippen MR) is 126 cm³/mol. The second-order valence-electron chi connectivity index (χ2n) is 8.11. The summed E-state index contributed by atoms with van der Waals surface area (Å²) in [6, 6.07) is 8.01. The van der Waals surface area contributed by atoms with Gasteiger partial charge in [0.05, 0.1) is 13.0 Å². The van der Waals surface area contributed by atoms with E-state index in [1.54, 1.807) is 6.92 Å². The van der Waals surface area contributed by atoms with Crippen molar-refractivity contribution in [3.63, 3.8) is 0 Å². The van der Waals surface area contributed by atoms with Crippen molar-refractivity contribution in [1.82, 2.24) is 0 Å². The largest absolute Gasteiger partial charge is 0.481 e. The third kappa shape index (κ3) is 10.5. The summed E-state index contributed by atoms with van der Waals surface area (Å²) >= 11 is 1.36. The lowest BCUT2D eigenvalue weighted by atomic mass is 9.98. The first kappa shape index (κ1) is 26.5. The second kappa shape index (κ2) is 16.2. The van der Waals surface area contributed by atoms with E-state index in [-0.39, 0.29) is 5.97 Å². The van der Waals surface area contributed by atoms with Gasteiger partial charge in [0.25, 0.3) is 0 Å². The highest BCUT2D eigenvalue weighted by atomic mass is 32.2. The topological polar surface area (TPSA) is 63.6 Å². The molecule has 0 aliphatic rings. The molecular weight excluding hydrogens is 396 g/mol. The van der Waals surface area contributed by atoms with Gasteiger partial charge in [-0.05, 0) is 24.0 Å². The number of unbranched alkanes of at least 4 members (excludes halogenated alkanes) is 9. The number of hydrogen-bond donors (Lipinski definition) is 1. The third-order valence-electron chi connectivity index (χ3n) is 5.49. The summed E-state index contributed by atoms with van der Waals surface area (Å²) < 4.78 is 5.01. The van der Waals surface area contributed by atoms with Crippen molar-refractivity contribution < 1.29 is 19.4 Å². The quantitative estimate of drug-likeness (QED) is 0.214. The molecule has 0 radical (unpaired) electrons. The Kier molecular flexibility index (Phi) is 14.4. The van der Waals surface area contributed by atoms with Gasteiger partial charge in [0, 0.05) is 5.75 Å². The van der Waals surface area contributed by atoms with Crippen LogP contribution in [-0.2, 0) is 20.7 Å². The summed E-state index contributed by atoms with van der Waals surface area (Å²) in [7, 11) is 1.39. The highest BCUT2D eigenvalue weighted by Gasteiger charge is 2.26. The first-order valence-corrected chi connectivity index (χ1v) is 12.6. The standard InChI is InChI=1S/C25H40O4S/c1-4-5-6-7-8-9-10-11-12-13-16-21-17-14-15-18-22(21)23(25(28)29-3)30-19-20(2)24(26)27/h14-15,17-18,20,23H,4-13,16,19H2,1-3H3,(H,26,27). The molecule has 1 rings (SSSR count). The van der Waals surface area contributed by atoms with E-state index in [9.17, 15) is 9.59 Å². The molecule has 0 aromatic heterocycles. The van der Waals surface area contributed by atoms with Gasteiger partial charge < -0.3 is 9.84 Å². The molecule has 1 aromatic carbocycles. The molecule has 0 aliphatic carbocycles. The highest BCUT2D eigenvalue weighted by Crippen LogP contribution is 2.34. The molecule has 0 saturated carbocycles. The van der Waals surface area contributed by atoms with E-state index in [0.29, 0.717) is 5.75 Å². The average molecular weight is 437 g/mol. The highest BCUT2D eigenvalue weighted by molar-refractivity contribution is 8.00. The van der Waals surface area contributed by atoms with Crippen LogP contribution < -0.4 is 0 Å². The minimum atomic E-state index is -0.843. The van der Waals surface area contributed by atoms with Crippen LogP contribution >= 0.6 is 11.8 Å². The Morgan fingerprint density at radius 2 is 1.53 bits per heavy atom. The molecule has 0 amide bonds. The SMILES string of the molecule is CCCCCCCCCCCCc1ccccc1C(SCC(C)C(=O)O)C(=O)OC. The van der Waals surface area contributed by atoms with Gasteiger partial charge in [-0.3, -0.25) is 9.59 Å². The minimum absolute atomic E-state index is 0.312. The van der Waals surface area contributed by atoms with Gasteiger partial charge in [-0.1, -0.05) is 95.9 Å². The Morgan fingerprint density at radius 3 is 2.10 bits per heavy atom. The molecule has 1 N–H and O–H groups in total. The lowest BCUT2D eigenvalue weighted by Crippen LogP contribution is -2.18. The number of esters is 1. The van der Waals surface area contributed by atoms with Crippen LogP contribution in [0.4, 0.5) is 0 Å². The van der Waals surface area contributed by atoms with E-state index in [1.165, 1.54) is 82.2 Å². The van der Waals surface area contributed by atoms with E-state index in [4.69, 9.17) is 9.84 Å². The van der Waals surface area contributed by atoms with Crippen molar-refractivity contribution in [2.75, 3.05) is 12.9 Å². The van der Waals surface area contributed by atoms with Crippen molar-refractivity contribution in [3.05, 3.63) is 35.4 Å². The summed E-state index contributed by atoms with van der Waals surface area (Å²) in [6.45, 7) is 3.92. The number of aryl methyl sites for hydroxylation is 1. The first-order chi connectivity index (χ1) is 14.5. The predicted octanol–water partition coefficient (Wildman–Crippen LogP) is 6.82. The minimum Gasteiger partial charge on any atom is -0.481 e. The summed E-state index contributed by atoms with van der Waals surface area (Å²) in [5.41, 5.74) is 2.13. The third-order valence-corrected chi connectivity index (χ3v) is 6.96. The lowest BCUT2D eigenvalue weighted by Gasteiger charge is -2.19. The van der Waals surface area contributed by atoms with Gasteiger partial charge in [-0.2, -0.15) is 0 Å². The molecule has 1 aromatic rings. The molecule has 2 atom stereocenters. The molecule has 0 saturated heterocycles. The molecule has 5 heteroatoms. The van der Waals surface area contributed by atoms with Crippen LogP contribution in [0.15, 0.2) is 24.3 Å². The Hall–Kier alpha value is -1.49. The smallest absolute Gasteiger partial charge is 0.323 e. The molecule has 0 spiro atoms. The number of ether oxygens (including phenoxy) is 1. The molecule has 170 valence electrons. The zero-order chi connectivity index (χ0) is 22.2. The van der Waals surface area contributed by atoms with Gasteiger partial charge in [0.15, 0.2) is 0 Å². The van der Waals surface area contributed by atoms with E-state index in [0.717, 1.165) is 18.4 Å². The molecule has 2 unspecified atom stereocenters. The fourth-order valence-electron chi connectivity index (χ4n) is 3.52. The molecule has 4 nitrogen and oxygen atoms in total. The van der Waals surface area contributed by atoms with E-state index >= 15 is 0 Å². The fraction of sp³-hybridized carbons (Fsp3) is 0.680. The molecule has 30 heavy (non-hydrogen) atoms. The van der Waals surface area contributed by atoms with Crippen LogP contribution in [-0.4, -0.2) is 29.9 Å². The monoisotopic (exact) mass is 436 g/mol. The number of carbonyl (C=O) groups is 2. The van der Waals surface area contributed by atoms with Crippen LogP contribution in [0.25, 0.3) is 0 Å². The molecule has 0 bridgehead atoms. The summed E-state index contributed by atoms with van der Waals surface area (Å²) in [5.74, 6) is -1.28. The van der Waals surface area contributed by atoms with Crippen molar-refractivity contribution in [2.45, 2.75) is 89.7 Å². The van der Waals surface area contributed by atoms with Crippen LogP contribution in [0, 0.1) is 5.92 Å². The zero-order valence-corrected chi connectivity index (χ0v) is 19.8. The Morgan fingerprint density at radius 1 is 0.967 bits per heavy atom. The van der Waals surface area contributed by atoms with E-state index in [2.05, 4.69) is 13.0 Å². The zero-order valence-electron chi connectivity index (χ0n) is 19.0. The number of hydrogen-bond acceptors (Lipinski definition) is 4. The van der Waals surface area contributed by atoms with Crippen LogP contribution in [0.3, 0.4) is 0 Å². The van der Waals surface area contributed by atoms with Crippen molar-refractivity contribution in [2.24, 2.45) is 5.92 Å². The number of rotatable bonds is 17. The second-order valence-corrected chi connectivity index (χ2v) is 9.24. The summed E-state index contributed by atoms with van der Waals surface area (Å²) in [4.78, 5) is 23.5. The molecule has 0 aliphatic heterocycles. The van der Waals surface area contributed by atoms with Crippen molar-refractivity contribution in [3.8, 4) is 0 Å². The van der Waals surface area contributed by atoms with Crippen LogP contribution in [0.1, 0.15) is 94.4 Å². The first-order valence-electron chi connectivity index (χ1n) is 11.5. The van der Waals surface area contributed by atoms with Crippen LogP contribution in [0.5, 0.6) is 0 Å². The maximum absolute atomic E-state index is 12.4. The number of benzene rings is 1. The molecule has 0 fully saturated rings. The van der Waals surface area contributed by atoms with Gasteiger partial charge in [0.1, 0.15) is 5.25 Å². The Bertz CT molecular complexity index is 617. The average Bonchev–Trinajstić information content (AvgIpc) is 2.75. The van der Waals surface area contributed by atoms with Gasteiger partial charge >= 0.3 is 11.9 Å². The van der Waals surface area contributed by atoms with E-state index < -0.39 is 17.1 Å².